The van der Waals surface area contributed by atoms with Gasteiger partial charge in [0.2, 0.25) is 0 Å². The summed E-state index contributed by atoms with van der Waals surface area (Å²) in [6.45, 7) is 7.20. The molecule has 12 heteroatoms. The molecule has 0 spiro atoms. The monoisotopic (exact) mass is 676 g/mol. The fourth-order valence-electron chi connectivity index (χ4n) is 4.59. The van der Waals surface area contributed by atoms with Gasteiger partial charge in [0.15, 0.2) is 11.5 Å². The number of aliphatic carboxylic acids is 1. The molecule has 0 aliphatic heterocycles. The Morgan fingerprint density at radius 2 is 1.08 bits per heavy atom. The van der Waals surface area contributed by atoms with Crippen LogP contribution in [0.1, 0.15) is 63.6 Å². The molecule has 3 rings (SSSR count). The number of carboxylic acid groups (broad SMARTS) is 1. The maximum Gasteiger partial charge on any atom is 0.408 e. The van der Waals surface area contributed by atoms with E-state index in [0.29, 0.717) is 18.4 Å². The van der Waals surface area contributed by atoms with E-state index in [-0.39, 0.29) is 49.4 Å². The number of rotatable bonds is 17. The molecule has 2 amide bonds. The Balaban J connectivity index is 1.79. The third-order valence-corrected chi connectivity index (χ3v) is 7.96. The van der Waals surface area contributed by atoms with Crippen LogP contribution in [0, 0.1) is 11.8 Å². The molecule has 49 heavy (non-hydrogen) atoms. The highest BCUT2D eigenvalue weighted by Crippen LogP contribution is 2.31. The van der Waals surface area contributed by atoms with Gasteiger partial charge < -0.3 is 34.7 Å². The van der Waals surface area contributed by atoms with Crippen molar-refractivity contribution >= 4 is 30.1 Å². The van der Waals surface area contributed by atoms with Crippen molar-refractivity contribution in [3.63, 3.8) is 0 Å². The number of hydrogen-bond acceptors (Lipinski definition) is 9. The van der Waals surface area contributed by atoms with Crippen molar-refractivity contribution in [3.8, 4) is 11.5 Å². The fourth-order valence-corrected chi connectivity index (χ4v) is 4.59. The molecule has 0 bridgehead atoms. The van der Waals surface area contributed by atoms with E-state index in [1.54, 1.807) is 44.2 Å². The second-order valence-corrected chi connectivity index (χ2v) is 11.7. The molecule has 4 atom stereocenters. The van der Waals surface area contributed by atoms with Crippen LogP contribution in [-0.4, -0.2) is 47.3 Å². The highest BCUT2D eigenvalue weighted by Gasteiger charge is 2.32. The summed E-state index contributed by atoms with van der Waals surface area (Å²) in [4.78, 5) is 63.6. The number of alkyl carbamates (subject to hydrolysis) is 2. The number of carbonyl (C=O) groups excluding carboxylic acids is 4. The van der Waals surface area contributed by atoms with Gasteiger partial charge in [-0.2, -0.15) is 0 Å². The van der Waals surface area contributed by atoms with Crippen LogP contribution >= 0.6 is 0 Å². The maximum atomic E-state index is 13.6. The van der Waals surface area contributed by atoms with E-state index in [2.05, 4.69) is 10.6 Å². The predicted octanol–water partition coefficient (Wildman–Crippen LogP) is 6.20. The molecule has 3 aromatic carbocycles. The van der Waals surface area contributed by atoms with Crippen LogP contribution < -0.4 is 20.1 Å². The zero-order valence-corrected chi connectivity index (χ0v) is 28.2. The third kappa shape index (κ3) is 12.6. The molecule has 0 saturated heterocycles. The molecule has 0 heterocycles. The molecule has 0 radical (unpaired) electrons. The van der Waals surface area contributed by atoms with Crippen LogP contribution in [0.4, 0.5) is 9.59 Å². The minimum absolute atomic E-state index is 0.00195. The first-order chi connectivity index (χ1) is 23.5. The molecule has 0 fully saturated rings. The highest BCUT2D eigenvalue weighted by atomic mass is 16.6. The molecule has 3 N–H and O–H groups in total. The average Bonchev–Trinajstić information content (AvgIpc) is 3.11. The van der Waals surface area contributed by atoms with Crippen molar-refractivity contribution in [1.29, 1.82) is 0 Å². The van der Waals surface area contributed by atoms with Crippen LogP contribution in [0.15, 0.2) is 78.9 Å². The van der Waals surface area contributed by atoms with Crippen LogP contribution in [0.2, 0.25) is 0 Å². The normalized spacial score (nSPS) is 13.1. The first-order valence-electron chi connectivity index (χ1n) is 16.2. The standard InChI is InChI=1S/C37H44N2O10/c1-5-24(3)32(38-36(44)46-22-27-13-9-7-10-14-27)34(42)48-29-19-17-26(18-20-31(40)41)21-30(29)49-35(43)33(25(4)6-2)39-37(45)47-23-28-15-11-8-12-16-28/h7-17,19,21,24-25,32-33H,5-6,18,20,22-23H2,1-4H3,(H,38,44)(H,39,45)(H,40,41)/t24-,25-,32-,33-/m0/s1. The van der Waals surface area contributed by atoms with Gasteiger partial charge >= 0.3 is 30.1 Å². The lowest BCUT2D eigenvalue weighted by Gasteiger charge is -2.24. The zero-order chi connectivity index (χ0) is 35.8. The van der Waals surface area contributed by atoms with Gasteiger partial charge in [-0.1, -0.05) is 107 Å². The van der Waals surface area contributed by atoms with Gasteiger partial charge in [0.05, 0.1) is 0 Å². The van der Waals surface area contributed by atoms with Crippen molar-refractivity contribution in [2.75, 3.05) is 0 Å². The Bertz CT molecular complexity index is 1550. The van der Waals surface area contributed by atoms with Crippen LogP contribution in [-0.2, 0) is 43.5 Å². The fraction of sp³-hybridized carbons (Fsp3) is 0.378. The maximum absolute atomic E-state index is 13.6. The smallest absolute Gasteiger partial charge is 0.408 e. The van der Waals surface area contributed by atoms with Gasteiger partial charge in [0.1, 0.15) is 25.3 Å². The first kappa shape index (κ1) is 38.1. The predicted molar refractivity (Wildman–Crippen MR) is 180 cm³/mol. The summed E-state index contributed by atoms with van der Waals surface area (Å²) >= 11 is 0. The van der Waals surface area contributed by atoms with Gasteiger partial charge in [-0.05, 0) is 47.1 Å². The minimum atomic E-state index is -1.13. The third-order valence-electron chi connectivity index (χ3n) is 7.96. The molecule has 0 aliphatic rings. The quantitative estimate of drug-likeness (QED) is 0.111. The van der Waals surface area contributed by atoms with Crippen LogP contribution in [0.3, 0.4) is 0 Å². The van der Waals surface area contributed by atoms with Crippen molar-refractivity contribution in [3.05, 3.63) is 95.6 Å². The van der Waals surface area contributed by atoms with Gasteiger partial charge in [-0.25, -0.2) is 19.2 Å². The lowest BCUT2D eigenvalue weighted by atomic mass is 9.99. The molecule has 12 nitrogen and oxygen atoms in total. The number of nitrogens with one attached hydrogen (secondary N) is 2. The van der Waals surface area contributed by atoms with E-state index in [9.17, 15) is 29.1 Å². The molecule has 0 unspecified atom stereocenters. The van der Waals surface area contributed by atoms with Gasteiger partial charge in [0, 0.05) is 6.42 Å². The van der Waals surface area contributed by atoms with Crippen molar-refractivity contribution in [2.24, 2.45) is 11.8 Å². The SMILES string of the molecule is CC[C@H](C)[C@H](NC(=O)OCc1ccccc1)C(=O)Oc1ccc(CCC(=O)O)cc1OC(=O)[C@@H](NC(=O)OCc1ccccc1)[C@@H](C)CC. The Hall–Kier alpha value is -5.39. The molecule has 262 valence electrons. The summed E-state index contributed by atoms with van der Waals surface area (Å²) in [7, 11) is 0. The highest BCUT2D eigenvalue weighted by molar-refractivity contribution is 5.86. The number of benzene rings is 3. The molecule has 0 aromatic heterocycles. The Morgan fingerprint density at radius 1 is 0.633 bits per heavy atom. The second kappa shape index (κ2) is 19.4. The molecule has 3 aromatic rings. The number of aryl methyl sites for hydroxylation is 1. The van der Waals surface area contributed by atoms with Crippen molar-refractivity contribution in [2.45, 2.75) is 78.7 Å². The Morgan fingerprint density at radius 3 is 1.51 bits per heavy atom. The average molecular weight is 677 g/mol. The van der Waals surface area contributed by atoms with E-state index in [4.69, 9.17) is 18.9 Å². The number of hydrogen-bond donors (Lipinski definition) is 3. The summed E-state index contributed by atoms with van der Waals surface area (Å²) in [5, 5.41) is 14.3. The van der Waals surface area contributed by atoms with Crippen LogP contribution in [0.25, 0.3) is 0 Å². The lowest BCUT2D eigenvalue weighted by Crippen LogP contribution is -2.47. The summed E-state index contributed by atoms with van der Waals surface area (Å²) in [5.74, 6) is -3.74. The Labute approximate surface area is 286 Å². The number of carboxylic acids is 1. The number of carbonyl (C=O) groups is 5. The number of esters is 2. The molecule has 0 aliphatic carbocycles. The minimum Gasteiger partial charge on any atom is -0.481 e. The van der Waals surface area contributed by atoms with Gasteiger partial charge in [-0.15, -0.1) is 0 Å². The van der Waals surface area contributed by atoms with E-state index in [1.165, 1.54) is 12.1 Å². The summed E-state index contributed by atoms with van der Waals surface area (Å²) in [6, 6.07) is 20.2. The molecular formula is C37H44N2O10. The lowest BCUT2D eigenvalue weighted by molar-refractivity contribution is -0.140. The van der Waals surface area contributed by atoms with E-state index in [0.717, 1.165) is 11.1 Å². The Kier molecular flexibility index (Phi) is 15.1. The van der Waals surface area contributed by atoms with Gasteiger partial charge in [-0.3, -0.25) is 4.79 Å². The van der Waals surface area contributed by atoms with E-state index in [1.807, 2.05) is 50.2 Å². The van der Waals surface area contributed by atoms with Crippen LogP contribution in [0.5, 0.6) is 11.5 Å². The molecular weight excluding hydrogens is 632 g/mol. The van der Waals surface area contributed by atoms with Gasteiger partial charge in [0.25, 0.3) is 0 Å². The number of amides is 2. The number of ether oxygens (including phenoxy) is 4. The topological polar surface area (TPSA) is 167 Å². The zero-order valence-electron chi connectivity index (χ0n) is 28.2. The van der Waals surface area contributed by atoms with Crippen molar-refractivity contribution < 1.29 is 48.0 Å². The van der Waals surface area contributed by atoms with E-state index < -0.39 is 42.2 Å². The largest absolute Gasteiger partial charge is 0.481 e. The van der Waals surface area contributed by atoms with E-state index >= 15 is 0 Å². The summed E-state index contributed by atoms with van der Waals surface area (Å²) < 4.78 is 22.0. The first-order valence-corrected chi connectivity index (χ1v) is 16.2. The summed E-state index contributed by atoms with van der Waals surface area (Å²) in [5.41, 5.74) is 2.03. The van der Waals surface area contributed by atoms with Crippen molar-refractivity contribution in [1.82, 2.24) is 10.6 Å². The second-order valence-electron chi connectivity index (χ2n) is 11.7. The molecule has 0 saturated carbocycles. The summed E-state index contributed by atoms with van der Waals surface area (Å²) in [6.07, 6.45) is -0.712.